The van der Waals surface area contributed by atoms with E-state index in [0.29, 0.717) is 12.8 Å². The Kier molecular flexibility index (Phi) is 5.35. The van der Waals surface area contributed by atoms with Gasteiger partial charge in [0.25, 0.3) is 0 Å². The molecule has 2 N–H and O–H groups in total. The van der Waals surface area contributed by atoms with Gasteiger partial charge in [0.2, 0.25) is 5.91 Å². The number of halogens is 1. The van der Waals surface area contributed by atoms with Crippen molar-refractivity contribution >= 4 is 21.8 Å². The molecule has 0 saturated heterocycles. The molecule has 4 heteroatoms. The van der Waals surface area contributed by atoms with Crippen molar-refractivity contribution in [2.24, 2.45) is 0 Å². The van der Waals surface area contributed by atoms with Gasteiger partial charge in [0.15, 0.2) is 0 Å². The highest BCUT2D eigenvalue weighted by Gasteiger charge is 2.15. The van der Waals surface area contributed by atoms with E-state index in [9.17, 15) is 9.90 Å². The van der Waals surface area contributed by atoms with Gasteiger partial charge < -0.3 is 10.4 Å². The summed E-state index contributed by atoms with van der Waals surface area (Å²) in [6, 6.07) is 7.48. The minimum Gasteiger partial charge on any atom is -0.388 e. The minimum absolute atomic E-state index is 0.0290. The lowest BCUT2D eigenvalue weighted by Gasteiger charge is -2.21. The minimum atomic E-state index is -0.594. The third-order valence-corrected chi connectivity index (χ3v) is 2.94. The van der Waals surface area contributed by atoms with E-state index in [1.54, 1.807) is 0 Å². The maximum Gasteiger partial charge on any atom is 0.220 e. The van der Waals surface area contributed by atoms with Gasteiger partial charge in [0.1, 0.15) is 0 Å². The van der Waals surface area contributed by atoms with Crippen molar-refractivity contribution in [3.05, 3.63) is 34.3 Å². The van der Waals surface area contributed by atoms with Gasteiger partial charge in [-0.25, -0.2) is 0 Å². The fourth-order valence-electron chi connectivity index (χ4n) is 1.60. The Morgan fingerprint density at radius 3 is 2.39 bits per heavy atom. The molecule has 18 heavy (non-hydrogen) atoms. The first kappa shape index (κ1) is 15.2. The molecular formula is C14H20BrNO2. The fourth-order valence-corrected chi connectivity index (χ4v) is 1.86. The lowest BCUT2D eigenvalue weighted by molar-refractivity contribution is -0.123. The highest BCUT2D eigenvalue weighted by atomic mass is 79.9. The summed E-state index contributed by atoms with van der Waals surface area (Å²) in [6.45, 7) is 5.82. The van der Waals surface area contributed by atoms with Crippen LogP contribution < -0.4 is 5.32 Å². The first-order valence-corrected chi connectivity index (χ1v) is 6.82. The molecule has 1 amide bonds. The molecule has 0 aliphatic rings. The molecule has 0 aliphatic carbocycles. The van der Waals surface area contributed by atoms with Gasteiger partial charge in [-0.15, -0.1) is 0 Å². The van der Waals surface area contributed by atoms with E-state index in [-0.39, 0.29) is 11.4 Å². The molecule has 1 rings (SSSR count). The molecule has 1 aromatic rings. The van der Waals surface area contributed by atoms with E-state index in [1.165, 1.54) is 0 Å². The van der Waals surface area contributed by atoms with Crippen LogP contribution in [0.4, 0.5) is 0 Å². The van der Waals surface area contributed by atoms with Gasteiger partial charge >= 0.3 is 0 Å². The molecule has 0 spiro atoms. The number of hydrogen-bond acceptors (Lipinski definition) is 2. The molecule has 0 aliphatic heterocycles. The van der Waals surface area contributed by atoms with E-state index in [4.69, 9.17) is 0 Å². The molecule has 0 saturated carbocycles. The van der Waals surface area contributed by atoms with E-state index in [1.807, 2.05) is 45.0 Å². The number of aliphatic hydroxyl groups excluding tert-OH is 1. The Labute approximate surface area is 117 Å². The Morgan fingerprint density at radius 2 is 1.89 bits per heavy atom. The van der Waals surface area contributed by atoms with Gasteiger partial charge in [-0.3, -0.25) is 4.79 Å². The van der Waals surface area contributed by atoms with Crippen molar-refractivity contribution in [2.45, 2.75) is 45.3 Å². The second kappa shape index (κ2) is 6.34. The van der Waals surface area contributed by atoms with Crippen molar-refractivity contribution in [1.82, 2.24) is 5.32 Å². The van der Waals surface area contributed by atoms with Crippen molar-refractivity contribution in [3.63, 3.8) is 0 Å². The molecular weight excluding hydrogens is 294 g/mol. The van der Waals surface area contributed by atoms with Crippen molar-refractivity contribution in [1.29, 1.82) is 0 Å². The molecule has 1 atom stereocenters. The number of carbonyl (C=O) groups is 1. The number of carbonyl (C=O) groups excluding carboxylic acids is 1. The first-order valence-electron chi connectivity index (χ1n) is 6.02. The van der Waals surface area contributed by atoms with Crippen LogP contribution in [0.25, 0.3) is 0 Å². The molecule has 0 aromatic heterocycles. The lowest BCUT2D eigenvalue weighted by atomic mass is 10.0. The van der Waals surface area contributed by atoms with Crippen LogP contribution in [0.3, 0.4) is 0 Å². The van der Waals surface area contributed by atoms with Gasteiger partial charge in [0.05, 0.1) is 6.10 Å². The van der Waals surface area contributed by atoms with Gasteiger partial charge in [-0.1, -0.05) is 28.1 Å². The predicted octanol–water partition coefficient (Wildman–Crippen LogP) is 3.18. The van der Waals surface area contributed by atoms with E-state index in [0.717, 1.165) is 10.0 Å². The Morgan fingerprint density at radius 1 is 1.33 bits per heavy atom. The highest BCUT2D eigenvalue weighted by Crippen LogP contribution is 2.20. The number of rotatable bonds is 4. The summed E-state index contributed by atoms with van der Waals surface area (Å²) < 4.78 is 0.976. The van der Waals surface area contributed by atoms with Crippen LogP contribution in [0.2, 0.25) is 0 Å². The number of benzene rings is 1. The fraction of sp³-hybridized carbons (Fsp3) is 0.500. The van der Waals surface area contributed by atoms with Crippen LogP contribution in [0.1, 0.15) is 45.3 Å². The van der Waals surface area contributed by atoms with Crippen LogP contribution in [-0.4, -0.2) is 16.6 Å². The monoisotopic (exact) mass is 313 g/mol. The zero-order valence-corrected chi connectivity index (χ0v) is 12.6. The zero-order valence-electron chi connectivity index (χ0n) is 11.0. The topological polar surface area (TPSA) is 49.3 Å². The summed E-state index contributed by atoms with van der Waals surface area (Å²) in [7, 11) is 0. The smallest absolute Gasteiger partial charge is 0.220 e. The van der Waals surface area contributed by atoms with E-state index >= 15 is 0 Å². The zero-order chi connectivity index (χ0) is 13.8. The van der Waals surface area contributed by atoms with Crippen LogP contribution in [0, 0.1) is 0 Å². The molecule has 0 radical (unpaired) electrons. The number of hydrogen-bond donors (Lipinski definition) is 2. The number of aliphatic hydroxyl groups is 1. The number of nitrogens with one attached hydrogen (secondary N) is 1. The quantitative estimate of drug-likeness (QED) is 0.897. The van der Waals surface area contributed by atoms with E-state index in [2.05, 4.69) is 21.2 Å². The van der Waals surface area contributed by atoms with Crippen molar-refractivity contribution in [3.8, 4) is 0 Å². The van der Waals surface area contributed by atoms with Gasteiger partial charge in [0, 0.05) is 16.4 Å². The third-order valence-electron chi connectivity index (χ3n) is 2.41. The summed E-state index contributed by atoms with van der Waals surface area (Å²) in [6.07, 6.45) is 0.168. The predicted molar refractivity (Wildman–Crippen MR) is 76.2 cm³/mol. The first-order chi connectivity index (χ1) is 8.28. The Balaban J connectivity index is 2.44. The van der Waals surface area contributed by atoms with Crippen LogP contribution in [0.5, 0.6) is 0 Å². The normalized spacial score (nSPS) is 13.2. The van der Waals surface area contributed by atoms with Gasteiger partial charge in [-0.2, -0.15) is 0 Å². The average molecular weight is 314 g/mol. The summed E-state index contributed by atoms with van der Waals surface area (Å²) >= 11 is 3.34. The molecule has 0 heterocycles. The summed E-state index contributed by atoms with van der Waals surface area (Å²) in [5.41, 5.74) is 0.612. The Hall–Kier alpha value is -0.870. The van der Waals surface area contributed by atoms with Crippen LogP contribution >= 0.6 is 15.9 Å². The summed E-state index contributed by atoms with van der Waals surface area (Å²) in [5, 5.41) is 12.8. The van der Waals surface area contributed by atoms with Crippen LogP contribution in [0.15, 0.2) is 28.7 Å². The van der Waals surface area contributed by atoms with Crippen molar-refractivity contribution in [2.75, 3.05) is 0 Å². The van der Waals surface area contributed by atoms with E-state index < -0.39 is 6.10 Å². The van der Waals surface area contributed by atoms with Crippen molar-refractivity contribution < 1.29 is 9.90 Å². The highest BCUT2D eigenvalue weighted by molar-refractivity contribution is 9.10. The lowest BCUT2D eigenvalue weighted by Crippen LogP contribution is -2.40. The standard InChI is InChI=1S/C14H20BrNO2/c1-14(2,3)16-13(18)9-8-12(17)10-4-6-11(15)7-5-10/h4-7,12,17H,8-9H2,1-3H3,(H,16,18). The van der Waals surface area contributed by atoms with Gasteiger partial charge in [-0.05, 0) is 44.9 Å². The summed E-state index contributed by atoms with van der Waals surface area (Å²) in [4.78, 5) is 11.6. The molecule has 100 valence electrons. The maximum atomic E-state index is 11.6. The SMILES string of the molecule is CC(C)(C)NC(=O)CCC(O)c1ccc(Br)cc1. The maximum absolute atomic E-state index is 11.6. The summed E-state index contributed by atoms with van der Waals surface area (Å²) in [5.74, 6) is -0.0290. The van der Waals surface area contributed by atoms with Crippen LogP contribution in [-0.2, 0) is 4.79 Å². The Bertz CT molecular complexity index is 395. The second-order valence-electron chi connectivity index (χ2n) is 5.40. The number of amides is 1. The average Bonchev–Trinajstić information content (AvgIpc) is 2.24. The molecule has 0 bridgehead atoms. The molecule has 0 fully saturated rings. The third kappa shape index (κ3) is 5.65. The molecule has 1 aromatic carbocycles. The molecule has 1 unspecified atom stereocenters. The largest absolute Gasteiger partial charge is 0.388 e. The second-order valence-corrected chi connectivity index (χ2v) is 6.32. The molecule has 3 nitrogen and oxygen atoms in total.